The van der Waals surface area contributed by atoms with Crippen molar-refractivity contribution in [2.45, 2.75) is 110 Å². The van der Waals surface area contributed by atoms with Gasteiger partial charge in [-0.25, -0.2) is 0 Å². The molecule has 0 saturated carbocycles. The average Bonchev–Trinajstić information content (AvgIpc) is 3.06. The van der Waals surface area contributed by atoms with Gasteiger partial charge < -0.3 is 4.90 Å². The van der Waals surface area contributed by atoms with Gasteiger partial charge in [-0.15, -0.1) is 0 Å². The van der Waals surface area contributed by atoms with Crippen LogP contribution in [0.3, 0.4) is 0 Å². The van der Waals surface area contributed by atoms with Crippen LogP contribution in [0.4, 0.5) is 0 Å². The van der Waals surface area contributed by atoms with Gasteiger partial charge in [0.25, 0.3) is 0 Å². The highest BCUT2D eigenvalue weighted by molar-refractivity contribution is 5.94. The van der Waals surface area contributed by atoms with Crippen LogP contribution in [0.15, 0.2) is 17.1 Å². The maximum Gasteiger partial charge on any atom is 0.123 e. The number of allylic oxidation sites excluding steroid dienone is 1. The van der Waals surface area contributed by atoms with Gasteiger partial charge in [0, 0.05) is 13.1 Å². The van der Waals surface area contributed by atoms with Crippen molar-refractivity contribution >= 4 is 5.84 Å². The van der Waals surface area contributed by atoms with Crippen LogP contribution in [-0.2, 0) is 0 Å². The van der Waals surface area contributed by atoms with E-state index in [9.17, 15) is 0 Å². The highest BCUT2D eigenvalue weighted by Gasteiger charge is 2.12. The van der Waals surface area contributed by atoms with E-state index in [0.29, 0.717) is 0 Å². The predicted octanol–water partition coefficient (Wildman–Crippen LogP) is 7.15. The van der Waals surface area contributed by atoms with Crippen LogP contribution in [0.1, 0.15) is 110 Å². The zero-order chi connectivity index (χ0) is 18.0. The molecule has 25 heavy (non-hydrogen) atoms. The first-order valence-corrected chi connectivity index (χ1v) is 11.3. The van der Waals surface area contributed by atoms with Crippen LogP contribution in [-0.4, -0.2) is 30.4 Å². The largest absolute Gasteiger partial charge is 0.355 e. The van der Waals surface area contributed by atoms with E-state index in [-0.39, 0.29) is 0 Å². The Morgan fingerprint density at radius 2 is 1.32 bits per heavy atom. The average molecular weight is 349 g/mol. The summed E-state index contributed by atoms with van der Waals surface area (Å²) < 4.78 is 0. The SMILES string of the molecule is CCCCCCCCCCCCCCCC=CC1=NCCN1CCC. The number of hydrogen-bond acceptors (Lipinski definition) is 2. The fourth-order valence-corrected chi connectivity index (χ4v) is 3.62. The third-order valence-corrected chi connectivity index (χ3v) is 5.20. The molecular formula is C23H44N2. The second-order valence-electron chi connectivity index (χ2n) is 7.66. The van der Waals surface area contributed by atoms with Crippen molar-refractivity contribution < 1.29 is 0 Å². The van der Waals surface area contributed by atoms with Gasteiger partial charge >= 0.3 is 0 Å². The number of unbranched alkanes of at least 4 members (excludes halogenated alkanes) is 13. The lowest BCUT2D eigenvalue weighted by Crippen LogP contribution is -2.26. The molecule has 0 radical (unpaired) electrons. The lowest BCUT2D eigenvalue weighted by Gasteiger charge is -2.16. The molecule has 0 spiro atoms. The van der Waals surface area contributed by atoms with Gasteiger partial charge in [-0.05, 0) is 25.3 Å². The quantitative estimate of drug-likeness (QED) is 0.255. The first-order valence-electron chi connectivity index (χ1n) is 11.3. The Morgan fingerprint density at radius 3 is 1.88 bits per heavy atom. The molecule has 0 aromatic heterocycles. The van der Waals surface area contributed by atoms with Crippen molar-refractivity contribution in [1.29, 1.82) is 0 Å². The van der Waals surface area contributed by atoms with Crippen LogP contribution in [0.2, 0.25) is 0 Å². The number of aliphatic imine (C=N–C) groups is 1. The lowest BCUT2D eigenvalue weighted by molar-refractivity contribution is 0.457. The Labute approximate surface area is 158 Å². The highest BCUT2D eigenvalue weighted by Crippen LogP contribution is 2.13. The molecule has 0 saturated heterocycles. The molecule has 0 aromatic carbocycles. The van der Waals surface area contributed by atoms with Gasteiger partial charge in [0.1, 0.15) is 5.84 Å². The Hall–Kier alpha value is -0.790. The first kappa shape index (κ1) is 22.3. The van der Waals surface area contributed by atoms with Crippen LogP contribution in [0.5, 0.6) is 0 Å². The minimum absolute atomic E-state index is 0.985. The number of nitrogens with zero attached hydrogens (tertiary/aromatic N) is 2. The zero-order valence-corrected chi connectivity index (χ0v) is 17.3. The maximum atomic E-state index is 4.59. The molecule has 0 aliphatic carbocycles. The van der Waals surface area contributed by atoms with Crippen LogP contribution in [0.25, 0.3) is 0 Å². The standard InChI is InChI=1S/C23H44N2/c1-3-5-6-7-8-9-10-11-12-13-14-15-16-17-18-19-23-24-20-22-25(23)21-4-2/h18-19H,3-17,20-22H2,1-2H3. The molecule has 1 heterocycles. The summed E-state index contributed by atoms with van der Waals surface area (Å²) in [6.07, 6.45) is 25.6. The van der Waals surface area contributed by atoms with Gasteiger partial charge in [-0.3, -0.25) is 4.99 Å². The molecule has 0 aromatic rings. The predicted molar refractivity (Wildman–Crippen MR) is 114 cm³/mol. The Balaban J connectivity index is 1.82. The summed E-state index contributed by atoms with van der Waals surface area (Å²) in [6.45, 7) is 7.79. The van der Waals surface area contributed by atoms with Gasteiger partial charge in [0.05, 0.1) is 6.54 Å². The summed E-state index contributed by atoms with van der Waals surface area (Å²) in [5.74, 6) is 1.22. The second kappa shape index (κ2) is 16.7. The first-order chi connectivity index (χ1) is 12.4. The summed E-state index contributed by atoms with van der Waals surface area (Å²) >= 11 is 0. The minimum atomic E-state index is 0.985. The summed E-state index contributed by atoms with van der Waals surface area (Å²) in [6, 6.07) is 0. The minimum Gasteiger partial charge on any atom is -0.355 e. The molecule has 0 fully saturated rings. The summed E-state index contributed by atoms with van der Waals surface area (Å²) in [7, 11) is 0. The summed E-state index contributed by atoms with van der Waals surface area (Å²) in [4.78, 5) is 7.01. The number of rotatable bonds is 17. The van der Waals surface area contributed by atoms with Crippen molar-refractivity contribution in [3.05, 3.63) is 12.2 Å². The van der Waals surface area contributed by atoms with Gasteiger partial charge in [0.2, 0.25) is 0 Å². The lowest BCUT2D eigenvalue weighted by atomic mass is 10.0. The molecule has 0 N–H and O–H groups in total. The molecule has 0 unspecified atom stereocenters. The van der Waals surface area contributed by atoms with E-state index in [2.05, 4.69) is 35.9 Å². The molecule has 1 aliphatic rings. The van der Waals surface area contributed by atoms with E-state index in [1.54, 1.807) is 0 Å². The molecule has 0 amide bonds. The van der Waals surface area contributed by atoms with Gasteiger partial charge in [-0.2, -0.15) is 0 Å². The molecule has 0 bridgehead atoms. The second-order valence-corrected chi connectivity index (χ2v) is 7.66. The van der Waals surface area contributed by atoms with Crippen LogP contribution >= 0.6 is 0 Å². The van der Waals surface area contributed by atoms with E-state index in [1.165, 1.54) is 102 Å². The van der Waals surface area contributed by atoms with Crippen molar-refractivity contribution in [3.8, 4) is 0 Å². The van der Waals surface area contributed by atoms with E-state index < -0.39 is 0 Å². The Bertz CT molecular complexity index is 346. The van der Waals surface area contributed by atoms with Crippen molar-refractivity contribution in [3.63, 3.8) is 0 Å². The van der Waals surface area contributed by atoms with E-state index >= 15 is 0 Å². The normalized spacial score (nSPS) is 14.6. The third-order valence-electron chi connectivity index (χ3n) is 5.20. The molecule has 1 aliphatic heterocycles. The summed E-state index contributed by atoms with van der Waals surface area (Å²) in [5.41, 5.74) is 0. The summed E-state index contributed by atoms with van der Waals surface area (Å²) in [5, 5.41) is 0. The van der Waals surface area contributed by atoms with Crippen molar-refractivity contribution in [2.75, 3.05) is 19.6 Å². The smallest absolute Gasteiger partial charge is 0.123 e. The highest BCUT2D eigenvalue weighted by atomic mass is 15.2. The van der Waals surface area contributed by atoms with Crippen LogP contribution in [0, 0.1) is 0 Å². The van der Waals surface area contributed by atoms with Gasteiger partial charge in [0.15, 0.2) is 0 Å². The molecular weight excluding hydrogens is 304 g/mol. The van der Waals surface area contributed by atoms with E-state index in [0.717, 1.165) is 19.6 Å². The molecule has 2 nitrogen and oxygen atoms in total. The molecule has 1 rings (SSSR count). The number of amidine groups is 1. The zero-order valence-electron chi connectivity index (χ0n) is 17.3. The topological polar surface area (TPSA) is 15.6 Å². The molecule has 0 atom stereocenters. The Kier molecular flexibility index (Phi) is 14.8. The maximum absolute atomic E-state index is 4.59. The van der Waals surface area contributed by atoms with Crippen LogP contribution < -0.4 is 0 Å². The van der Waals surface area contributed by atoms with Gasteiger partial charge in [-0.1, -0.05) is 97.0 Å². The third kappa shape index (κ3) is 12.2. The van der Waals surface area contributed by atoms with Crippen molar-refractivity contribution in [1.82, 2.24) is 4.90 Å². The molecule has 2 heteroatoms. The fourth-order valence-electron chi connectivity index (χ4n) is 3.62. The Morgan fingerprint density at radius 1 is 0.760 bits per heavy atom. The molecule has 146 valence electrons. The van der Waals surface area contributed by atoms with E-state index in [1.807, 2.05) is 0 Å². The monoisotopic (exact) mass is 348 g/mol. The fraction of sp³-hybridized carbons (Fsp3) is 0.870. The van der Waals surface area contributed by atoms with E-state index in [4.69, 9.17) is 0 Å². The number of hydrogen-bond donors (Lipinski definition) is 0. The van der Waals surface area contributed by atoms with Crippen molar-refractivity contribution in [2.24, 2.45) is 4.99 Å².